The predicted molar refractivity (Wildman–Crippen MR) is 145 cm³/mol. The van der Waals surface area contributed by atoms with Crippen LogP contribution in [0.5, 0.6) is 11.5 Å². The average Bonchev–Trinajstić information content (AvgIpc) is 3.43. The van der Waals surface area contributed by atoms with Gasteiger partial charge in [0.1, 0.15) is 17.1 Å². The molecule has 0 saturated heterocycles. The van der Waals surface area contributed by atoms with Crippen LogP contribution in [0.2, 0.25) is 0 Å². The number of benzene rings is 2. The largest absolute Gasteiger partial charge is 0.457 e. The Kier molecular flexibility index (Phi) is 6.32. The fraction of sp³-hybridized carbons (Fsp3) is 0.393. The van der Waals surface area contributed by atoms with Crippen LogP contribution >= 0.6 is 0 Å². The highest BCUT2D eigenvalue weighted by Crippen LogP contribution is 2.50. The van der Waals surface area contributed by atoms with E-state index in [-0.39, 0.29) is 11.7 Å². The quantitative estimate of drug-likeness (QED) is 0.450. The van der Waals surface area contributed by atoms with Gasteiger partial charge < -0.3 is 14.8 Å². The summed E-state index contributed by atoms with van der Waals surface area (Å²) in [5.41, 5.74) is 0.747. The first-order valence-corrected chi connectivity index (χ1v) is 12.9. The lowest BCUT2D eigenvalue weighted by molar-refractivity contribution is -0.120. The summed E-state index contributed by atoms with van der Waals surface area (Å²) < 4.78 is 12.5. The van der Waals surface area contributed by atoms with Gasteiger partial charge >= 0.3 is 11.8 Å². The van der Waals surface area contributed by atoms with E-state index in [1.165, 1.54) is 0 Å². The zero-order valence-electron chi connectivity index (χ0n) is 22.6. The number of carbonyl (C=O) groups excluding carboxylic acids is 2. The third-order valence-electron chi connectivity index (χ3n) is 7.00. The van der Waals surface area contributed by atoms with Crippen LogP contribution in [0.15, 0.2) is 39.9 Å². The molecule has 1 spiro atoms. The molecule has 204 valence electrons. The van der Waals surface area contributed by atoms with Crippen molar-refractivity contribution in [2.45, 2.75) is 71.3 Å². The highest BCUT2D eigenvalue weighted by molar-refractivity contribution is 6.06. The lowest BCUT2D eigenvalue weighted by atomic mass is 9.80. The molecule has 2 aliphatic rings. The van der Waals surface area contributed by atoms with Gasteiger partial charge in [0, 0.05) is 5.69 Å². The van der Waals surface area contributed by atoms with E-state index in [0.29, 0.717) is 17.2 Å². The maximum Gasteiger partial charge on any atom is 0.413 e. The second-order valence-corrected chi connectivity index (χ2v) is 11.1. The van der Waals surface area contributed by atoms with Gasteiger partial charge in [0.15, 0.2) is 0 Å². The summed E-state index contributed by atoms with van der Waals surface area (Å²) >= 11 is 0. The Labute approximate surface area is 224 Å². The number of hydrogen-bond acceptors (Lipinski definition) is 7. The third kappa shape index (κ3) is 4.91. The molecule has 39 heavy (non-hydrogen) atoms. The van der Waals surface area contributed by atoms with Crippen LogP contribution in [-0.2, 0) is 14.9 Å². The van der Waals surface area contributed by atoms with Gasteiger partial charge in [0.05, 0.1) is 11.1 Å². The summed E-state index contributed by atoms with van der Waals surface area (Å²) in [6, 6.07) is 9.03. The zero-order valence-corrected chi connectivity index (χ0v) is 22.6. The van der Waals surface area contributed by atoms with Crippen LogP contribution in [0.3, 0.4) is 0 Å². The van der Waals surface area contributed by atoms with Gasteiger partial charge in [-0.2, -0.15) is 4.68 Å². The average molecular weight is 534 g/mol. The summed E-state index contributed by atoms with van der Waals surface area (Å²) in [6.07, 6.45) is 2.82. The number of carbonyl (C=O) groups is 2. The summed E-state index contributed by atoms with van der Waals surface area (Å²) in [6.45, 7) is 8.73. The fourth-order valence-electron chi connectivity index (χ4n) is 5.32. The van der Waals surface area contributed by atoms with Crippen molar-refractivity contribution in [1.82, 2.24) is 14.8 Å². The van der Waals surface area contributed by atoms with Crippen molar-refractivity contribution in [2.24, 2.45) is 0 Å². The zero-order chi connectivity index (χ0) is 28.1. The molecule has 0 radical (unpaired) electrons. The van der Waals surface area contributed by atoms with E-state index in [4.69, 9.17) is 9.47 Å². The number of rotatable bonds is 4. The number of nitrogens with zero attached hydrogens (tertiary/aromatic N) is 2. The molecule has 11 heteroatoms. The van der Waals surface area contributed by atoms with E-state index in [1.54, 1.807) is 32.9 Å². The number of H-pyrrole nitrogens is 1. The SMILES string of the molecule is Cc1cc(-n2nc(NC(=O)OC(C)(C)C)c(=O)[nH]c2=O)cc(C)c1Oc1ccc2c(c1)C1(CCCC1)C(=O)N2. The molecule has 2 aromatic carbocycles. The molecule has 2 amide bonds. The van der Waals surface area contributed by atoms with Crippen LogP contribution in [0.25, 0.3) is 5.69 Å². The Morgan fingerprint density at radius 1 is 1.05 bits per heavy atom. The van der Waals surface area contributed by atoms with E-state index in [0.717, 1.165) is 52.7 Å². The first kappa shape index (κ1) is 26.2. The van der Waals surface area contributed by atoms with Gasteiger partial charge in [0.2, 0.25) is 11.7 Å². The molecule has 5 rings (SSSR count). The number of anilines is 2. The number of aromatic amines is 1. The predicted octanol–water partition coefficient (Wildman–Crippen LogP) is 4.44. The molecule has 11 nitrogen and oxygen atoms in total. The molecular formula is C28H31N5O6. The number of hydrogen-bond donors (Lipinski definition) is 3. The smallest absolute Gasteiger partial charge is 0.413 e. The second-order valence-electron chi connectivity index (χ2n) is 11.1. The minimum Gasteiger partial charge on any atom is -0.457 e. The monoisotopic (exact) mass is 533 g/mol. The first-order chi connectivity index (χ1) is 18.4. The van der Waals surface area contributed by atoms with Gasteiger partial charge in [-0.25, -0.2) is 9.59 Å². The molecule has 0 bridgehead atoms. The number of amides is 2. The van der Waals surface area contributed by atoms with Gasteiger partial charge in [0.25, 0.3) is 5.56 Å². The summed E-state index contributed by atoms with van der Waals surface area (Å²) in [5.74, 6) is 0.893. The van der Waals surface area contributed by atoms with Crippen molar-refractivity contribution >= 4 is 23.5 Å². The summed E-state index contributed by atoms with van der Waals surface area (Å²) in [4.78, 5) is 52.0. The minimum atomic E-state index is -0.868. The maximum absolute atomic E-state index is 12.8. The lowest BCUT2D eigenvalue weighted by Gasteiger charge is -2.21. The Bertz CT molecular complexity index is 1580. The highest BCUT2D eigenvalue weighted by atomic mass is 16.6. The van der Waals surface area contributed by atoms with Gasteiger partial charge in [-0.1, -0.05) is 12.8 Å². The van der Waals surface area contributed by atoms with Crippen molar-refractivity contribution in [3.8, 4) is 17.2 Å². The first-order valence-electron chi connectivity index (χ1n) is 12.9. The second kappa shape index (κ2) is 9.40. The van der Waals surface area contributed by atoms with E-state index in [9.17, 15) is 19.2 Å². The van der Waals surface area contributed by atoms with Crippen LogP contribution in [0, 0.1) is 13.8 Å². The Balaban J connectivity index is 1.44. The fourth-order valence-corrected chi connectivity index (χ4v) is 5.32. The van der Waals surface area contributed by atoms with Gasteiger partial charge in [-0.05, 0) is 94.5 Å². The number of aryl methyl sites for hydroxylation is 2. The molecule has 0 unspecified atom stereocenters. The van der Waals surface area contributed by atoms with Gasteiger partial charge in [-0.15, -0.1) is 5.10 Å². The molecule has 1 aromatic heterocycles. The van der Waals surface area contributed by atoms with Crippen LogP contribution in [0.1, 0.15) is 63.1 Å². The van der Waals surface area contributed by atoms with Gasteiger partial charge in [-0.3, -0.25) is 19.9 Å². The number of nitrogens with one attached hydrogen (secondary N) is 3. The van der Waals surface area contributed by atoms with Crippen LogP contribution in [0.4, 0.5) is 16.3 Å². The Morgan fingerprint density at radius 2 is 1.72 bits per heavy atom. The van der Waals surface area contributed by atoms with Crippen LogP contribution in [-0.4, -0.2) is 32.4 Å². The van der Waals surface area contributed by atoms with E-state index in [1.807, 2.05) is 32.0 Å². The van der Waals surface area contributed by atoms with E-state index in [2.05, 4.69) is 20.7 Å². The Hall–Kier alpha value is -4.41. The molecule has 0 atom stereocenters. The molecule has 3 aromatic rings. The number of aromatic nitrogens is 3. The van der Waals surface area contributed by atoms with Crippen molar-refractivity contribution in [3.63, 3.8) is 0 Å². The van der Waals surface area contributed by atoms with Crippen molar-refractivity contribution in [3.05, 3.63) is 67.9 Å². The Morgan fingerprint density at radius 3 is 2.36 bits per heavy atom. The molecule has 3 N–H and O–H groups in total. The summed E-state index contributed by atoms with van der Waals surface area (Å²) in [5, 5.41) is 9.37. The maximum atomic E-state index is 12.8. The van der Waals surface area contributed by atoms with Crippen molar-refractivity contribution in [2.75, 3.05) is 10.6 Å². The van der Waals surface area contributed by atoms with Crippen molar-refractivity contribution < 1.29 is 19.1 Å². The van der Waals surface area contributed by atoms with E-state index < -0.39 is 28.4 Å². The highest BCUT2D eigenvalue weighted by Gasteiger charge is 2.48. The van der Waals surface area contributed by atoms with Crippen molar-refractivity contribution in [1.29, 1.82) is 0 Å². The molecular weight excluding hydrogens is 502 g/mol. The molecule has 1 aliphatic carbocycles. The minimum absolute atomic E-state index is 0.0586. The molecule has 1 aliphatic heterocycles. The number of fused-ring (bicyclic) bond motifs is 2. The normalized spacial score (nSPS) is 15.7. The molecule has 1 fully saturated rings. The molecule has 2 heterocycles. The number of ether oxygens (including phenoxy) is 2. The summed E-state index contributed by atoms with van der Waals surface area (Å²) in [7, 11) is 0. The lowest BCUT2D eigenvalue weighted by Crippen LogP contribution is -2.36. The third-order valence-corrected chi connectivity index (χ3v) is 7.00. The van der Waals surface area contributed by atoms with E-state index >= 15 is 0 Å². The van der Waals surface area contributed by atoms with Crippen LogP contribution < -0.4 is 26.6 Å². The topological polar surface area (TPSA) is 144 Å². The standard InChI is InChI=1S/C28H31N5O6/c1-15-12-17(33-25(36)31-23(34)22(32-33)30-26(37)39-27(3,4)5)13-16(2)21(15)38-18-8-9-20-19(14-18)28(24(35)29-20)10-6-7-11-28/h8-9,12-14H,6-7,10-11H2,1-5H3,(H,29,35)(H,30,32,37)(H,31,34,36). The molecule has 1 saturated carbocycles.